The number of unbranched alkanes of at least 4 members (excludes halogenated alkanes) is 3. The summed E-state index contributed by atoms with van der Waals surface area (Å²) in [5.41, 5.74) is 0.824. The number of carbonyl (C=O) groups excluding carboxylic acids is 1. The van der Waals surface area contributed by atoms with Gasteiger partial charge in [-0.3, -0.25) is 4.79 Å². The van der Waals surface area contributed by atoms with Crippen molar-refractivity contribution in [3.05, 3.63) is 29.8 Å². The van der Waals surface area contributed by atoms with Crippen LogP contribution < -0.4 is 4.74 Å². The van der Waals surface area contributed by atoms with Crippen LogP contribution in [0.25, 0.3) is 0 Å². The molecule has 1 aromatic carbocycles. The molecule has 0 aliphatic rings. The Morgan fingerprint density at radius 3 is 2.52 bits per heavy atom. The molecule has 0 heterocycles. The molecule has 0 spiro atoms. The largest absolute Gasteiger partial charge is 0.497 e. The Morgan fingerprint density at radius 1 is 1.17 bits per heavy atom. The summed E-state index contributed by atoms with van der Waals surface area (Å²) in [5, 5.41) is 0. The third kappa shape index (κ3) is 7.43. The molecule has 3 heteroatoms. The molecule has 0 N–H and O–H groups in total. The quantitative estimate of drug-likeness (QED) is 0.428. The minimum atomic E-state index is -0.569. The summed E-state index contributed by atoms with van der Waals surface area (Å²) in [7, 11) is 1.61. The van der Waals surface area contributed by atoms with Crippen molar-refractivity contribution in [3.63, 3.8) is 0 Å². The predicted octanol–water partition coefficient (Wildman–Crippen LogP) is 4.28. The molecular formula is C20H24O3. The summed E-state index contributed by atoms with van der Waals surface area (Å²) in [6, 6.07) is 7.33. The van der Waals surface area contributed by atoms with Crippen molar-refractivity contribution in [1.82, 2.24) is 0 Å². The summed E-state index contributed by atoms with van der Waals surface area (Å²) in [6.45, 7) is 3.87. The first-order valence-corrected chi connectivity index (χ1v) is 7.92. The third-order valence-corrected chi connectivity index (χ3v) is 3.21. The van der Waals surface area contributed by atoms with Crippen LogP contribution in [-0.4, -0.2) is 13.1 Å². The molecule has 0 aromatic heterocycles. The van der Waals surface area contributed by atoms with Crippen molar-refractivity contribution in [3.8, 4) is 29.4 Å². The van der Waals surface area contributed by atoms with Crippen molar-refractivity contribution < 1.29 is 14.3 Å². The minimum absolute atomic E-state index is 0.101. The van der Waals surface area contributed by atoms with E-state index >= 15 is 0 Å². The van der Waals surface area contributed by atoms with Gasteiger partial charge in [0.1, 0.15) is 12.2 Å². The van der Waals surface area contributed by atoms with Gasteiger partial charge in [-0.25, -0.2) is 0 Å². The Kier molecular flexibility index (Phi) is 9.10. The van der Waals surface area contributed by atoms with E-state index in [0.717, 1.165) is 24.2 Å². The summed E-state index contributed by atoms with van der Waals surface area (Å²) < 4.78 is 10.5. The third-order valence-electron chi connectivity index (χ3n) is 3.21. The van der Waals surface area contributed by atoms with Gasteiger partial charge in [-0.15, -0.1) is 11.8 Å². The number of ether oxygens (including phenoxy) is 2. The molecule has 0 radical (unpaired) electrons. The highest BCUT2D eigenvalue weighted by atomic mass is 16.5. The van der Waals surface area contributed by atoms with E-state index in [9.17, 15) is 4.79 Å². The van der Waals surface area contributed by atoms with Gasteiger partial charge in [-0.05, 0) is 25.5 Å². The highest BCUT2D eigenvalue weighted by Gasteiger charge is 2.13. The van der Waals surface area contributed by atoms with Gasteiger partial charge >= 0.3 is 5.97 Å². The van der Waals surface area contributed by atoms with Gasteiger partial charge < -0.3 is 9.47 Å². The van der Waals surface area contributed by atoms with E-state index in [1.807, 2.05) is 24.3 Å². The van der Waals surface area contributed by atoms with Crippen LogP contribution in [-0.2, 0) is 9.53 Å². The van der Waals surface area contributed by atoms with E-state index in [1.54, 1.807) is 14.0 Å². The molecule has 1 atom stereocenters. The van der Waals surface area contributed by atoms with E-state index in [0.29, 0.717) is 0 Å². The van der Waals surface area contributed by atoms with Gasteiger partial charge in [0.15, 0.2) is 6.10 Å². The topological polar surface area (TPSA) is 35.5 Å². The number of hydrogen-bond donors (Lipinski definition) is 0. The summed E-state index contributed by atoms with van der Waals surface area (Å²) in [4.78, 5) is 11.9. The molecule has 1 unspecified atom stereocenters. The molecule has 1 rings (SSSR count). The van der Waals surface area contributed by atoms with Gasteiger partial charge in [0.25, 0.3) is 0 Å². The van der Waals surface area contributed by atoms with E-state index in [4.69, 9.17) is 9.47 Å². The van der Waals surface area contributed by atoms with Crippen LogP contribution in [0.1, 0.15) is 57.6 Å². The summed E-state index contributed by atoms with van der Waals surface area (Å²) in [5.74, 6) is 12.0. The minimum Gasteiger partial charge on any atom is -0.497 e. The maximum absolute atomic E-state index is 11.9. The van der Waals surface area contributed by atoms with Crippen molar-refractivity contribution in [2.75, 3.05) is 7.11 Å². The van der Waals surface area contributed by atoms with Crippen LogP contribution in [0.5, 0.6) is 5.75 Å². The van der Waals surface area contributed by atoms with E-state index in [1.165, 1.54) is 12.8 Å². The molecule has 122 valence electrons. The summed E-state index contributed by atoms with van der Waals surface area (Å²) >= 11 is 0. The van der Waals surface area contributed by atoms with Crippen molar-refractivity contribution in [2.45, 2.75) is 52.1 Å². The smallest absolute Gasteiger partial charge is 0.319 e. The Bertz CT molecular complexity index is 594. The Hall–Kier alpha value is -2.39. The Morgan fingerprint density at radius 2 is 1.91 bits per heavy atom. The zero-order valence-electron chi connectivity index (χ0n) is 14.1. The number of rotatable bonds is 7. The van der Waals surface area contributed by atoms with Gasteiger partial charge in [0, 0.05) is 12.0 Å². The highest BCUT2D eigenvalue weighted by Crippen LogP contribution is 2.20. The lowest BCUT2D eigenvalue weighted by molar-refractivity contribution is -0.145. The average molecular weight is 312 g/mol. The summed E-state index contributed by atoms with van der Waals surface area (Å²) in [6.07, 6.45) is 3.78. The number of carbonyl (C=O) groups is 1. The van der Waals surface area contributed by atoms with E-state index < -0.39 is 6.10 Å². The highest BCUT2D eigenvalue weighted by molar-refractivity contribution is 5.73. The first-order chi connectivity index (χ1) is 11.2. The fourth-order valence-corrected chi connectivity index (χ4v) is 1.95. The number of hydrogen-bond acceptors (Lipinski definition) is 3. The fourth-order valence-electron chi connectivity index (χ4n) is 1.95. The molecule has 23 heavy (non-hydrogen) atoms. The van der Waals surface area contributed by atoms with E-state index in [2.05, 4.69) is 30.6 Å². The fraction of sp³-hybridized carbons (Fsp3) is 0.450. The normalized spacial score (nSPS) is 10.6. The second-order valence-corrected chi connectivity index (χ2v) is 5.02. The van der Waals surface area contributed by atoms with Crippen molar-refractivity contribution in [1.29, 1.82) is 0 Å². The molecule has 0 bridgehead atoms. The lowest BCUT2D eigenvalue weighted by atomic mass is 10.1. The molecule has 0 aliphatic heterocycles. The molecular weight excluding hydrogens is 288 g/mol. The standard InChI is InChI=1S/C20H24O3/c1-4-6-7-8-9-10-12-20(21)23-19(11-5-2)17-13-15-18(22-3)16-14-17/h13-16,19H,4,6-8,12H2,1-3H3. The van der Waals surface area contributed by atoms with Crippen molar-refractivity contribution in [2.24, 2.45) is 0 Å². The zero-order valence-corrected chi connectivity index (χ0v) is 14.1. The van der Waals surface area contributed by atoms with Crippen LogP contribution >= 0.6 is 0 Å². The Labute approximate surface area is 139 Å². The first-order valence-electron chi connectivity index (χ1n) is 7.92. The monoisotopic (exact) mass is 312 g/mol. The Balaban J connectivity index is 2.57. The first kappa shape index (κ1) is 18.7. The van der Waals surface area contributed by atoms with E-state index in [-0.39, 0.29) is 12.4 Å². The van der Waals surface area contributed by atoms with Crippen LogP contribution in [0.2, 0.25) is 0 Å². The SMILES string of the molecule is CC#CC(OC(=O)CC#CCCCCC)c1ccc(OC)cc1. The second-order valence-electron chi connectivity index (χ2n) is 5.02. The molecule has 0 amide bonds. The predicted molar refractivity (Wildman–Crippen MR) is 91.8 cm³/mol. The van der Waals surface area contributed by atoms with Gasteiger partial charge in [0.05, 0.1) is 7.11 Å². The van der Waals surface area contributed by atoms with Gasteiger partial charge in [-0.2, -0.15) is 0 Å². The van der Waals surface area contributed by atoms with Crippen LogP contribution in [0.3, 0.4) is 0 Å². The number of esters is 1. The molecule has 0 saturated carbocycles. The van der Waals surface area contributed by atoms with Crippen LogP contribution in [0, 0.1) is 23.7 Å². The van der Waals surface area contributed by atoms with Gasteiger partial charge in [0.2, 0.25) is 0 Å². The maximum Gasteiger partial charge on any atom is 0.319 e. The van der Waals surface area contributed by atoms with Crippen LogP contribution in [0.4, 0.5) is 0 Å². The zero-order chi connectivity index (χ0) is 16.9. The van der Waals surface area contributed by atoms with Gasteiger partial charge in [-0.1, -0.05) is 43.7 Å². The average Bonchev–Trinajstić information content (AvgIpc) is 2.57. The second kappa shape index (κ2) is 11.2. The molecule has 1 aromatic rings. The lowest BCUT2D eigenvalue weighted by Gasteiger charge is -2.12. The van der Waals surface area contributed by atoms with Crippen LogP contribution in [0.15, 0.2) is 24.3 Å². The molecule has 0 aliphatic carbocycles. The van der Waals surface area contributed by atoms with Crippen molar-refractivity contribution >= 4 is 5.97 Å². The molecule has 0 saturated heterocycles. The molecule has 0 fully saturated rings. The number of benzene rings is 1. The lowest BCUT2D eigenvalue weighted by Crippen LogP contribution is -2.09. The maximum atomic E-state index is 11.9. The number of methoxy groups -OCH3 is 1. The molecule has 3 nitrogen and oxygen atoms in total.